The highest BCUT2D eigenvalue weighted by atomic mass is 19.4. The van der Waals surface area contributed by atoms with Crippen molar-refractivity contribution in [2.75, 3.05) is 25.0 Å². The number of aromatic nitrogens is 1. The van der Waals surface area contributed by atoms with E-state index in [-0.39, 0.29) is 29.4 Å². The monoisotopic (exact) mass is 437 g/mol. The van der Waals surface area contributed by atoms with Crippen molar-refractivity contribution in [2.45, 2.75) is 32.0 Å². The first-order valence-electron chi connectivity index (χ1n) is 9.70. The first kappa shape index (κ1) is 22.4. The van der Waals surface area contributed by atoms with Gasteiger partial charge >= 0.3 is 6.18 Å². The molecule has 1 aromatic heterocycles. The Bertz CT molecular complexity index is 928. The Morgan fingerprint density at radius 3 is 2.48 bits per heavy atom. The maximum atomic E-state index is 12.7. The van der Waals surface area contributed by atoms with Gasteiger partial charge in [-0.1, -0.05) is 12.1 Å². The molecule has 166 valence electrons. The van der Waals surface area contributed by atoms with Crippen LogP contribution in [0.3, 0.4) is 0 Å². The number of pyridine rings is 1. The molecule has 1 fully saturated rings. The molecule has 1 aliphatic heterocycles. The van der Waals surface area contributed by atoms with Crippen LogP contribution < -0.4 is 14.8 Å². The fraction of sp³-hybridized carbons (Fsp3) is 0.381. The highest BCUT2D eigenvalue weighted by molar-refractivity contribution is 5.93. The molecule has 0 bridgehead atoms. The Morgan fingerprint density at radius 2 is 1.81 bits per heavy atom. The average Bonchev–Trinajstić information content (AvgIpc) is 2.72. The number of hydrogen-bond donors (Lipinski definition) is 1. The Balaban J connectivity index is 1.53. The summed E-state index contributed by atoms with van der Waals surface area (Å²) in [5.74, 6) is 0.280. The molecule has 1 saturated heterocycles. The summed E-state index contributed by atoms with van der Waals surface area (Å²) in [6, 6.07) is 10.9. The fourth-order valence-corrected chi connectivity index (χ4v) is 3.14. The lowest BCUT2D eigenvalue weighted by molar-refractivity contribution is -0.153. The molecule has 0 aliphatic carbocycles. The molecule has 0 unspecified atom stereocenters. The van der Waals surface area contributed by atoms with Crippen LogP contribution in [0.4, 0.5) is 19.0 Å². The predicted molar refractivity (Wildman–Crippen MR) is 106 cm³/mol. The molecule has 3 rings (SSSR count). The van der Waals surface area contributed by atoms with Gasteiger partial charge in [0.2, 0.25) is 5.91 Å². The number of nitrogens with zero attached hydrogens (tertiary/aromatic N) is 2. The van der Waals surface area contributed by atoms with Crippen molar-refractivity contribution in [3.63, 3.8) is 0 Å². The van der Waals surface area contributed by atoms with Crippen LogP contribution in [0, 0.1) is 0 Å². The van der Waals surface area contributed by atoms with Crippen molar-refractivity contribution < 1.29 is 32.2 Å². The average molecular weight is 437 g/mol. The van der Waals surface area contributed by atoms with Crippen LogP contribution in [0.2, 0.25) is 0 Å². The summed E-state index contributed by atoms with van der Waals surface area (Å²) in [4.78, 5) is 29.7. The highest BCUT2D eigenvalue weighted by Gasteiger charge is 2.29. The minimum absolute atomic E-state index is 0.0764. The maximum Gasteiger partial charge on any atom is 0.422 e. The highest BCUT2D eigenvalue weighted by Crippen LogP contribution is 2.25. The van der Waals surface area contributed by atoms with E-state index in [0.717, 1.165) is 0 Å². The Labute approximate surface area is 177 Å². The van der Waals surface area contributed by atoms with Crippen molar-refractivity contribution in [1.29, 1.82) is 0 Å². The lowest BCUT2D eigenvalue weighted by Crippen LogP contribution is -2.42. The third-order valence-corrected chi connectivity index (χ3v) is 4.51. The number of carbonyl (C=O) groups excluding carboxylic acids is 2. The molecule has 0 saturated carbocycles. The van der Waals surface area contributed by atoms with Gasteiger partial charge < -0.3 is 19.7 Å². The smallest absolute Gasteiger partial charge is 0.422 e. The van der Waals surface area contributed by atoms with Gasteiger partial charge in [-0.15, -0.1) is 0 Å². The van der Waals surface area contributed by atoms with E-state index < -0.39 is 12.8 Å². The van der Waals surface area contributed by atoms with Gasteiger partial charge in [0.25, 0.3) is 5.91 Å². The molecule has 2 heterocycles. The van der Waals surface area contributed by atoms with Gasteiger partial charge in [0.05, 0.1) is 0 Å². The summed E-state index contributed by atoms with van der Waals surface area (Å²) in [5.41, 5.74) is 0.236. The largest absolute Gasteiger partial charge is 0.490 e. The molecule has 1 N–H and O–H groups in total. The second kappa shape index (κ2) is 9.67. The van der Waals surface area contributed by atoms with Crippen LogP contribution in [0.25, 0.3) is 0 Å². The summed E-state index contributed by atoms with van der Waals surface area (Å²) >= 11 is 0. The number of carbonyl (C=O) groups is 2. The molecule has 2 amide bonds. The summed E-state index contributed by atoms with van der Waals surface area (Å²) in [5, 5.41) is 2.55. The first-order chi connectivity index (χ1) is 14.7. The molecule has 31 heavy (non-hydrogen) atoms. The van der Waals surface area contributed by atoms with Gasteiger partial charge in [0.15, 0.2) is 6.61 Å². The van der Waals surface area contributed by atoms with E-state index in [2.05, 4.69) is 10.3 Å². The Morgan fingerprint density at radius 1 is 1.13 bits per heavy atom. The molecule has 7 nitrogen and oxygen atoms in total. The Kier molecular flexibility index (Phi) is 6.98. The third kappa shape index (κ3) is 6.87. The molecule has 0 spiro atoms. The molecule has 2 aromatic rings. The van der Waals surface area contributed by atoms with Crippen molar-refractivity contribution in [1.82, 2.24) is 9.88 Å². The maximum absolute atomic E-state index is 12.7. The van der Waals surface area contributed by atoms with E-state index in [1.165, 1.54) is 19.1 Å². The number of anilines is 1. The van der Waals surface area contributed by atoms with E-state index in [9.17, 15) is 22.8 Å². The SMILES string of the molecule is CC(=O)Nc1cccc(C(=O)N2CCC(Oc3cccc(OCC(F)(F)F)c3)CC2)n1. The first-order valence-corrected chi connectivity index (χ1v) is 9.70. The zero-order valence-corrected chi connectivity index (χ0v) is 16.8. The lowest BCUT2D eigenvalue weighted by Gasteiger charge is -2.32. The molecular formula is C21H22F3N3O4. The van der Waals surface area contributed by atoms with Gasteiger partial charge in [-0.25, -0.2) is 4.98 Å². The van der Waals surface area contributed by atoms with Crippen molar-refractivity contribution in [2.24, 2.45) is 0 Å². The number of halogens is 3. The number of ether oxygens (including phenoxy) is 2. The standard InChI is InChI=1S/C21H22F3N3O4/c1-14(28)25-19-7-3-6-18(26-19)20(29)27-10-8-15(9-11-27)31-17-5-2-4-16(12-17)30-13-21(22,23)24/h2-7,12,15H,8-11,13H2,1H3,(H,25,26,28). The fourth-order valence-electron chi connectivity index (χ4n) is 3.14. The van der Waals surface area contributed by atoms with E-state index in [1.54, 1.807) is 35.2 Å². The van der Waals surface area contributed by atoms with Gasteiger partial charge in [-0.3, -0.25) is 9.59 Å². The van der Waals surface area contributed by atoms with E-state index in [4.69, 9.17) is 9.47 Å². The number of piperidine rings is 1. The normalized spacial score (nSPS) is 14.8. The van der Waals surface area contributed by atoms with Crippen molar-refractivity contribution in [3.8, 4) is 11.5 Å². The minimum atomic E-state index is -4.41. The van der Waals surface area contributed by atoms with Crippen LogP contribution in [0.15, 0.2) is 42.5 Å². The number of nitrogens with one attached hydrogen (secondary N) is 1. The second-order valence-electron chi connectivity index (χ2n) is 7.08. The van der Waals surface area contributed by atoms with Crippen LogP contribution in [-0.4, -0.2) is 53.7 Å². The topological polar surface area (TPSA) is 80.8 Å². The number of rotatable bonds is 6. The van der Waals surface area contributed by atoms with E-state index in [0.29, 0.717) is 37.5 Å². The van der Waals surface area contributed by atoms with Gasteiger partial charge in [0, 0.05) is 38.9 Å². The number of benzene rings is 1. The van der Waals surface area contributed by atoms with Gasteiger partial charge in [-0.05, 0) is 24.3 Å². The van der Waals surface area contributed by atoms with Crippen LogP contribution in [0.1, 0.15) is 30.3 Å². The summed E-state index contributed by atoms with van der Waals surface area (Å²) < 4.78 is 47.5. The minimum Gasteiger partial charge on any atom is -0.490 e. The number of amides is 2. The van der Waals surface area contributed by atoms with E-state index in [1.807, 2.05) is 0 Å². The van der Waals surface area contributed by atoms with Gasteiger partial charge in [0.1, 0.15) is 29.1 Å². The summed E-state index contributed by atoms with van der Waals surface area (Å²) in [6.45, 7) is 0.882. The van der Waals surface area contributed by atoms with Crippen molar-refractivity contribution in [3.05, 3.63) is 48.2 Å². The quantitative estimate of drug-likeness (QED) is 0.746. The van der Waals surface area contributed by atoms with E-state index >= 15 is 0 Å². The molecule has 1 aliphatic rings. The van der Waals surface area contributed by atoms with Crippen LogP contribution in [0.5, 0.6) is 11.5 Å². The summed E-state index contributed by atoms with van der Waals surface area (Å²) in [7, 11) is 0. The molecule has 0 radical (unpaired) electrons. The zero-order chi connectivity index (χ0) is 22.4. The number of hydrogen-bond acceptors (Lipinski definition) is 5. The van der Waals surface area contributed by atoms with Crippen molar-refractivity contribution >= 4 is 17.6 Å². The molecule has 0 atom stereocenters. The molecule has 10 heteroatoms. The van der Waals surface area contributed by atoms with Gasteiger partial charge in [-0.2, -0.15) is 13.2 Å². The third-order valence-electron chi connectivity index (χ3n) is 4.51. The lowest BCUT2D eigenvalue weighted by atomic mass is 10.1. The predicted octanol–water partition coefficient (Wildman–Crippen LogP) is 3.66. The second-order valence-corrected chi connectivity index (χ2v) is 7.08. The molecule has 1 aromatic carbocycles. The Hall–Kier alpha value is -3.30. The molecular weight excluding hydrogens is 415 g/mol. The number of likely N-dealkylation sites (tertiary alicyclic amines) is 1. The van der Waals surface area contributed by atoms with Crippen LogP contribution >= 0.6 is 0 Å². The van der Waals surface area contributed by atoms with Crippen LogP contribution in [-0.2, 0) is 4.79 Å². The zero-order valence-electron chi connectivity index (χ0n) is 16.8. The number of alkyl halides is 3. The summed E-state index contributed by atoms with van der Waals surface area (Å²) in [6.07, 6.45) is -3.47.